The lowest BCUT2D eigenvalue weighted by Gasteiger charge is -2.29. The highest BCUT2D eigenvalue weighted by molar-refractivity contribution is 6.73. The van der Waals surface area contributed by atoms with Crippen LogP contribution in [0.1, 0.15) is 90.9 Å². The van der Waals surface area contributed by atoms with Crippen LogP contribution < -0.4 is 0 Å². The smallest absolute Gasteiger partial charge is 0.190 e. The first-order valence-corrected chi connectivity index (χ1v) is 12.2. The van der Waals surface area contributed by atoms with Crippen LogP contribution in [0.2, 0.25) is 18.6 Å². The fourth-order valence-electron chi connectivity index (χ4n) is 3.50. The molecule has 120 valence electrons. The van der Waals surface area contributed by atoms with E-state index in [0.29, 0.717) is 6.10 Å². The van der Waals surface area contributed by atoms with Crippen molar-refractivity contribution in [3.8, 4) is 0 Å². The van der Waals surface area contributed by atoms with Gasteiger partial charge in [-0.05, 0) is 31.5 Å². The van der Waals surface area contributed by atoms with Crippen LogP contribution >= 0.6 is 0 Å². The molecule has 0 aromatic heterocycles. The molecule has 0 spiro atoms. The summed E-state index contributed by atoms with van der Waals surface area (Å²) in [6.45, 7) is 7.08. The lowest BCUT2D eigenvalue weighted by Crippen LogP contribution is -2.35. The van der Waals surface area contributed by atoms with Crippen molar-refractivity contribution in [1.82, 2.24) is 0 Å². The fourth-order valence-corrected chi connectivity index (χ4v) is 7.02. The average Bonchev–Trinajstić information content (AvgIpc) is 2.85. The van der Waals surface area contributed by atoms with E-state index in [9.17, 15) is 0 Å². The molecule has 1 fully saturated rings. The average molecular weight is 299 g/mol. The first kappa shape index (κ1) is 18.2. The number of hydrogen-bond acceptors (Lipinski definition) is 1. The summed E-state index contributed by atoms with van der Waals surface area (Å²) in [4.78, 5) is 0. The Bertz CT molecular complexity index is 223. The zero-order chi connectivity index (χ0) is 14.7. The summed E-state index contributed by atoms with van der Waals surface area (Å²) in [6, 6.07) is 2.85. The minimum absolute atomic E-state index is 0.595. The van der Waals surface area contributed by atoms with E-state index < -0.39 is 8.32 Å². The van der Waals surface area contributed by atoms with Gasteiger partial charge in [-0.3, -0.25) is 0 Å². The molecule has 0 aromatic carbocycles. The Morgan fingerprint density at radius 1 is 0.800 bits per heavy atom. The molecule has 1 rings (SSSR count). The molecule has 0 N–H and O–H groups in total. The third-order valence-corrected chi connectivity index (χ3v) is 8.60. The molecule has 0 saturated carbocycles. The predicted molar refractivity (Wildman–Crippen MR) is 92.9 cm³/mol. The molecule has 1 unspecified atom stereocenters. The van der Waals surface area contributed by atoms with Crippen molar-refractivity contribution in [3.05, 3.63) is 0 Å². The first-order chi connectivity index (χ1) is 9.70. The van der Waals surface area contributed by atoms with Gasteiger partial charge in [-0.25, -0.2) is 0 Å². The Morgan fingerprint density at radius 2 is 1.30 bits per heavy atom. The van der Waals surface area contributed by atoms with Gasteiger partial charge in [0.05, 0.1) is 0 Å². The van der Waals surface area contributed by atoms with E-state index in [-0.39, 0.29) is 0 Å². The van der Waals surface area contributed by atoms with Crippen molar-refractivity contribution in [3.63, 3.8) is 0 Å². The molecule has 1 heterocycles. The predicted octanol–water partition coefficient (Wildman–Crippen LogP) is 6.68. The maximum absolute atomic E-state index is 6.69. The Labute approximate surface area is 129 Å². The molecule has 20 heavy (non-hydrogen) atoms. The summed E-state index contributed by atoms with van der Waals surface area (Å²) in [7, 11) is -1.28. The van der Waals surface area contributed by atoms with Gasteiger partial charge in [0.15, 0.2) is 8.32 Å². The van der Waals surface area contributed by atoms with Gasteiger partial charge in [0.2, 0.25) is 0 Å². The van der Waals surface area contributed by atoms with E-state index in [0.717, 1.165) is 0 Å². The van der Waals surface area contributed by atoms with Crippen molar-refractivity contribution in [2.45, 2.75) is 116 Å². The van der Waals surface area contributed by atoms with Crippen LogP contribution in [0, 0.1) is 0 Å². The van der Waals surface area contributed by atoms with Crippen LogP contribution in [0.3, 0.4) is 0 Å². The molecule has 1 saturated heterocycles. The Morgan fingerprint density at radius 3 is 1.90 bits per heavy atom. The standard InChI is InChI=1S/C18H38OSi/c1-4-6-8-9-11-15-18(14-10-7-5-2)19-20(3)16-12-13-17-20/h18H,4-17H2,1-3H3. The molecular formula is C18H38OSi. The SMILES string of the molecule is CCCCCCCC(CCCCC)O[Si]1(C)CCCC1. The van der Waals surface area contributed by atoms with Crippen LogP contribution in [0.15, 0.2) is 0 Å². The molecule has 2 heteroatoms. The van der Waals surface area contributed by atoms with Gasteiger partial charge in [0.1, 0.15) is 0 Å². The maximum Gasteiger partial charge on any atom is 0.190 e. The van der Waals surface area contributed by atoms with E-state index in [1.807, 2.05) is 0 Å². The van der Waals surface area contributed by atoms with Gasteiger partial charge >= 0.3 is 0 Å². The Kier molecular flexibility index (Phi) is 9.88. The summed E-state index contributed by atoms with van der Waals surface area (Å²) in [5, 5.41) is 0. The van der Waals surface area contributed by atoms with Crippen molar-refractivity contribution < 1.29 is 4.43 Å². The fraction of sp³-hybridized carbons (Fsp3) is 1.00. The molecular weight excluding hydrogens is 260 g/mol. The highest BCUT2D eigenvalue weighted by atomic mass is 28.4. The van der Waals surface area contributed by atoms with E-state index in [1.54, 1.807) is 0 Å². The van der Waals surface area contributed by atoms with E-state index in [2.05, 4.69) is 20.4 Å². The van der Waals surface area contributed by atoms with Gasteiger partial charge in [0.25, 0.3) is 0 Å². The Balaban J connectivity index is 2.27. The molecule has 0 radical (unpaired) electrons. The summed E-state index contributed by atoms with van der Waals surface area (Å²) >= 11 is 0. The lowest BCUT2D eigenvalue weighted by molar-refractivity contribution is 0.163. The van der Waals surface area contributed by atoms with Crippen molar-refractivity contribution in [2.24, 2.45) is 0 Å². The number of rotatable bonds is 12. The van der Waals surface area contributed by atoms with Crippen LogP contribution in [0.25, 0.3) is 0 Å². The molecule has 0 aromatic rings. The summed E-state index contributed by atoms with van der Waals surface area (Å²) in [5.74, 6) is 0. The third kappa shape index (κ3) is 7.83. The van der Waals surface area contributed by atoms with Crippen molar-refractivity contribution in [1.29, 1.82) is 0 Å². The normalized spacial score (nSPS) is 19.4. The zero-order valence-corrected chi connectivity index (χ0v) is 15.4. The minimum Gasteiger partial charge on any atom is -0.414 e. The maximum atomic E-state index is 6.69. The largest absolute Gasteiger partial charge is 0.414 e. The third-order valence-electron chi connectivity index (χ3n) is 4.87. The first-order valence-electron chi connectivity index (χ1n) is 9.38. The molecule has 0 aliphatic carbocycles. The lowest BCUT2D eigenvalue weighted by atomic mass is 10.0. The molecule has 1 aliphatic rings. The summed E-state index contributed by atoms with van der Waals surface area (Å²) in [6.07, 6.45) is 17.2. The van der Waals surface area contributed by atoms with Gasteiger partial charge < -0.3 is 4.43 Å². The van der Waals surface area contributed by atoms with E-state index in [1.165, 1.54) is 89.1 Å². The quantitative estimate of drug-likeness (QED) is 0.288. The van der Waals surface area contributed by atoms with Gasteiger partial charge in [-0.1, -0.05) is 78.1 Å². The number of unbranched alkanes of at least 4 members (excludes halogenated alkanes) is 6. The van der Waals surface area contributed by atoms with Crippen LogP contribution in [0.4, 0.5) is 0 Å². The van der Waals surface area contributed by atoms with Crippen LogP contribution in [-0.4, -0.2) is 14.4 Å². The van der Waals surface area contributed by atoms with Gasteiger partial charge in [-0.2, -0.15) is 0 Å². The summed E-state index contributed by atoms with van der Waals surface area (Å²) < 4.78 is 6.69. The topological polar surface area (TPSA) is 9.23 Å². The highest BCUT2D eigenvalue weighted by Gasteiger charge is 2.35. The van der Waals surface area contributed by atoms with E-state index in [4.69, 9.17) is 4.43 Å². The molecule has 0 amide bonds. The second-order valence-corrected chi connectivity index (χ2v) is 11.2. The van der Waals surface area contributed by atoms with E-state index >= 15 is 0 Å². The van der Waals surface area contributed by atoms with Crippen LogP contribution in [0.5, 0.6) is 0 Å². The molecule has 0 bridgehead atoms. The van der Waals surface area contributed by atoms with Gasteiger partial charge in [-0.15, -0.1) is 0 Å². The van der Waals surface area contributed by atoms with Crippen molar-refractivity contribution >= 4 is 8.32 Å². The second-order valence-electron chi connectivity index (χ2n) is 7.10. The zero-order valence-electron chi connectivity index (χ0n) is 14.4. The minimum atomic E-state index is -1.28. The van der Waals surface area contributed by atoms with Crippen molar-refractivity contribution in [2.75, 3.05) is 0 Å². The molecule has 1 aliphatic heterocycles. The van der Waals surface area contributed by atoms with Gasteiger partial charge in [0, 0.05) is 6.10 Å². The Hall–Kier alpha value is 0.177. The van der Waals surface area contributed by atoms with Crippen LogP contribution in [-0.2, 0) is 4.43 Å². The highest BCUT2D eigenvalue weighted by Crippen LogP contribution is 2.33. The second kappa shape index (κ2) is 10.8. The molecule has 1 nitrogen and oxygen atoms in total. The molecule has 1 atom stereocenters. The number of hydrogen-bond donors (Lipinski definition) is 0. The monoisotopic (exact) mass is 298 g/mol. The summed E-state index contributed by atoms with van der Waals surface area (Å²) in [5.41, 5.74) is 0.